The molecule has 4 rings (SSSR count). The predicted octanol–water partition coefficient (Wildman–Crippen LogP) is 4.54. The van der Waals surface area contributed by atoms with Gasteiger partial charge in [0, 0.05) is 23.4 Å². The van der Waals surface area contributed by atoms with Crippen molar-refractivity contribution in [2.24, 2.45) is 0 Å². The molecule has 4 aromatic rings. The van der Waals surface area contributed by atoms with Gasteiger partial charge >= 0.3 is 11.8 Å². The molecule has 0 radical (unpaired) electrons. The first-order chi connectivity index (χ1) is 15.0. The summed E-state index contributed by atoms with van der Waals surface area (Å²) in [6.45, 7) is 2.26. The molecule has 3 aromatic carbocycles. The van der Waals surface area contributed by atoms with Crippen molar-refractivity contribution in [2.75, 3.05) is 12.4 Å². The molecule has 0 aliphatic heterocycles. The number of carbonyl (C=O) groups is 2. The van der Waals surface area contributed by atoms with Crippen molar-refractivity contribution in [1.29, 1.82) is 0 Å². The zero-order valence-electron chi connectivity index (χ0n) is 17.1. The summed E-state index contributed by atoms with van der Waals surface area (Å²) in [4.78, 5) is 29.1. The number of fused-ring (bicyclic) bond motifs is 1. The highest BCUT2D eigenvalue weighted by Gasteiger charge is 2.15. The van der Waals surface area contributed by atoms with Crippen molar-refractivity contribution in [3.63, 3.8) is 0 Å². The first-order valence-corrected chi connectivity index (χ1v) is 10.5. The van der Waals surface area contributed by atoms with E-state index < -0.39 is 11.8 Å². The number of hydrogen-bond acceptors (Lipinski definition) is 5. The van der Waals surface area contributed by atoms with Crippen LogP contribution in [-0.2, 0) is 16.1 Å². The van der Waals surface area contributed by atoms with E-state index in [4.69, 9.17) is 4.74 Å². The maximum absolute atomic E-state index is 12.2. The van der Waals surface area contributed by atoms with Gasteiger partial charge in [-0.25, -0.2) is 4.98 Å². The molecule has 2 N–H and O–H groups in total. The number of methoxy groups -OCH3 is 1. The number of nitrogens with zero attached hydrogens (tertiary/aromatic N) is 1. The fraction of sp³-hybridized carbons (Fsp3) is 0.125. The van der Waals surface area contributed by atoms with Crippen LogP contribution in [0.1, 0.15) is 11.1 Å². The van der Waals surface area contributed by atoms with Crippen LogP contribution in [0.5, 0.6) is 5.75 Å². The molecule has 6 nitrogen and oxygen atoms in total. The summed E-state index contributed by atoms with van der Waals surface area (Å²) in [6.07, 6.45) is 0. The standard InChI is InChI=1S/C24H21N3O3S/c1-15-7-12-19-21(13-15)31-24(27-19)16-8-10-18(11-9-16)26-23(29)22(28)25-14-17-5-3-4-6-20(17)30-2/h3-13H,14H2,1-2H3,(H,25,28)(H,26,29). The second-order valence-electron chi connectivity index (χ2n) is 7.02. The Labute approximate surface area is 183 Å². The summed E-state index contributed by atoms with van der Waals surface area (Å²) >= 11 is 1.62. The van der Waals surface area contributed by atoms with Crippen LogP contribution in [0.4, 0.5) is 5.69 Å². The molecular weight excluding hydrogens is 410 g/mol. The maximum atomic E-state index is 12.2. The minimum Gasteiger partial charge on any atom is -0.496 e. The smallest absolute Gasteiger partial charge is 0.313 e. The van der Waals surface area contributed by atoms with E-state index in [1.54, 1.807) is 36.6 Å². The van der Waals surface area contributed by atoms with Gasteiger partial charge in [0.2, 0.25) is 0 Å². The van der Waals surface area contributed by atoms with Crippen LogP contribution in [-0.4, -0.2) is 23.9 Å². The third-order valence-corrected chi connectivity index (χ3v) is 5.84. The van der Waals surface area contributed by atoms with E-state index in [1.165, 1.54) is 5.56 Å². The van der Waals surface area contributed by atoms with Crippen LogP contribution < -0.4 is 15.4 Å². The number of nitrogens with one attached hydrogen (secondary N) is 2. The lowest BCUT2D eigenvalue weighted by molar-refractivity contribution is -0.136. The number of carbonyl (C=O) groups excluding carboxylic acids is 2. The Bertz CT molecular complexity index is 1250. The minimum absolute atomic E-state index is 0.201. The van der Waals surface area contributed by atoms with Crippen LogP contribution in [0.2, 0.25) is 0 Å². The SMILES string of the molecule is COc1ccccc1CNC(=O)C(=O)Nc1ccc(-c2nc3ccc(C)cc3s2)cc1. The lowest BCUT2D eigenvalue weighted by Crippen LogP contribution is -2.35. The van der Waals surface area contributed by atoms with Gasteiger partial charge in [-0.1, -0.05) is 24.3 Å². The van der Waals surface area contributed by atoms with E-state index in [0.717, 1.165) is 26.4 Å². The quantitative estimate of drug-likeness (QED) is 0.455. The monoisotopic (exact) mass is 431 g/mol. The van der Waals surface area contributed by atoms with Gasteiger partial charge in [-0.15, -0.1) is 11.3 Å². The van der Waals surface area contributed by atoms with Crippen LogP contribution in [0.15, 0.2) is 66.7 Å². The van der Waals surface area contributed by atoms with E-state index in [0.29, 0.717) is 11.4 Å². The van der Waals surface area contributed by atoms with Crippen LogP contribution >= 0.6 is 11.3 Å². The Balaban J connectivity index is 1.38. The third-order valence-electron chi connectivity index (χ3n) is 4.77. The van der Waals surface area contributed by atoms with Crippen LogP contribution in [0.25, 0.3) is 20.8 Å². The molecule has 0 bridgehead atoms. The van der Waals surface area contributed by atoms with Crippen molar-refractivity contribution in [3.05, 3.63) is 77.9 Å². The number of anilines is 1. The number of amides is 2. The van der Waals surface area contributed by atoms with Crippen molar-refractivity contribution < 1.29 is 14.3 Å². The molecule has 0 saturated heterocycles. The Morgan fingerprint density at radius 3 is 2.55 bits per heavy atom. The van der Waals surface area contributed by atoms with Crippen molar-refractivity contribution in [1.82, 2.24) is 10.3 Å². The predicted molar refractivity (Wildman–Crippen MR) is 123 cm³/mol. The van der Waals surface area contributed by atoms with Crippen molar-refractivity contribution in [2.45, 2.75) is 13.5 Å². The summed E-state index contributed by atoms with van der Waals surface area (Å²) in [6, 6.07) is 20.8. The van der Waals surface area contributed by atoms with E-state index in [2.05, 4.69) is 28.6 Å². The average molecular weight is 432 g/mol. The number of thiazole rings is 1. The summed E-state index contributed by atoms with van der Waals surface area (Å²) in [5, 5.41) is 6.14. The summed E-state index contributed by atoms with van der Waals surface area (Å²) in [5.41, 5.74) is 4.46. The average Bonchev–Trinajstić information content (AvgIpc) is 3.21. The minimum atomic E-state index is -0.724. The molecule has 0 unspecified atom stereocenters. The van der Waals surface area contributed by atoms with E-state index in [9.17, 15) is 9.59 Å². The molecule has 0 saturated carbocycles. The number of rotatable bonds is 5. The second-order valence-corrected chi connectivity index (χ2v) is 8.05. The molecule has 0 fully saturated rings. The summed E-state index contributed by atoms with van der Waals surface area (Å²) < 4.78 is 6.39. The molecule has 0 aliphatic carbocycles. The van der Waals surface area contributed by atoms with Crippen LogP contribution in [0, 0.1) is 6.92 Å². The number of aromatic nitrogens is 1. The topological polar surface area (TPSA) is 80.3 Å². The highest BCUT2D eigenvalue weighted by atomic mass is 32.1. The van der Waals surface area contributed by atoms with Gasteiger partial charge in [0.05, 0.1) is 17.3 Å². The van der Waals surface area contributed by atoms with E-state index >= 15 is 0 Å². The highest BCUT2D eigenvalue weighted by Crippen LogP contribution is 2.31. The van der Waals surface area contributed by atoms with Gasteiger partial charge < -0.3 is 15.4 Å². The first-order valence-electron chi connectivity index (χ1n) is 9.72. The first kappa shape index (κ1) is 20.6. The fourth-order valence-electron chi connectivity index (χ4n) is 3.14. The lowest BCUT2D eigenvalue weighted by atomic mass is 10.2. The lowest BCUT2D eigenvalue weighted by Gasteiger charge is -2.10. The highest BCUT2D eigenvalue weighted by molar-refractivity contribution is 7.21. The van der Waals surface area contributed by atoms with Crippen LogP contribution in [0.3, 0.4) is 0 Å². The van der Waals surface area contributed by atoms with Gasteiger partial charge in [0.1, 0.15) is 10.8 Å². The molecule has 31 heavy (non-hydrogen) atoms. The summed E-state index contributed by atoms with van der Waals surface area (Å²) in [5.74, 6) is -0.779. The van der Waals surface area contributed by atoms with Gasteiger partial charge in [0.25, 0.3) is 0 Å². The number of ether oxygens (including phenoxy) is 1. The number of para-hydroxylation sites is 1. The molecule has 156 valence electrons. The number of aryl methyl sites for hydroxylation is 1. The number of benzene rings is 3. The van der Waals surface area contributed by atoms with Gasteiger partial charge in [-0.3, -0.25) is 9.59 Å². The Morgan fingerprint density at radius 2 is 1.77 bits per heavy atom. The Kier molecular flexibility index (Phi) is 5.95. The molecule has 2 amide bonds. The van der Waals surface area contributed by atoms with Crippen molar-refractivity contribution >= 4 is 39.1 Å². The van der Waals surface area contributed by atoms with Gasteiger partial charge in [0.15, 0.2) is 0 Å². The molecule has 0 aliphatic rings. The van der Waals surface area contributed by atoms with Crippen molar-refractivity contribution in [3.8, 4) is 16.3 Å². The molecule has 1 aromatic heterocycles. The molecule has 1 heterocycles. The molecule has 0 spiro atoms. The number of hydrogen-bond donors (Lipinski definition) is 2. The molecule has 7 heteroatoms. The molecule has 0 atom stereocenters. The molecular formula is C24H21N3O3S. The fourth-order valence-corrected chi connectivity index (χ4v) is 4.21. The largest absolute Gasteiger partial charge is 0.496 e. The zero-order chi connectivity index (χ0) is 21.8. The third kappa shape index (κ3) is 4.73. The van der Waals surface area contributed by atoms with Gasteiger partial charge in [-0.2, -0.15) is 0 Å². The summed E-state index contributed by atoms with van der Waals surface area (Å²) in [7, 11) is 1.56. The normalized spacial score (nSPS) is 10.6. The zero-order valence-corrected chi connectivity index (χ0v) is 18.0. The van der Waals surface area contributed by atoms with E-state index in [1.807, 2.05) is 42.5 Å². The van der Waals surface area contributed by atoms with Gasteiger partial charge in [-0.05, 0) is 55.0 Å². The Morgan fingerprint density at radius 1 is 1.00 bits per heavy atom. The second kappa shape index (κ2) is 8.97. The maximum Gasteiger partial charge on any atom is 0.313 e. The van der Waals surface area contributed by atoms with E-state index in [-0.39, 0.29) is 6.54 Å². The Hall–Kier alpha value is -3.71.